The average molecular weight is 387 g/mol. The molecule has 0 radical (unpaired) electrons. The number of hydrogen-bond acceptors (Lipinski definition) is 4. The molecule has 2 rings (SSSR count). The topological polar surface area (TPSA) is 70.7 Å². The Kier molecular flexibility index (Phi) is 7.46. The summed E-state index contributed by atoms with van der Waals surface area (Å²) in [4.78, 5) is 25.3. The van der Waals surface area contributed by atoms with E-state index in [-0.39, 0.29) is 36.7 Å². The summed E-state index contributed by atoms with van der Waals surface area (Å²) < 4.78 is 41.3. The number of nitrogens with one attached hydrogen (secondary N) is 2. The summed E-state index contributed by atoms with van der Waals surface area (Å²) in [7, 11) is 0. The summed E-state index contributed by atoms with van der Waals surface area (Å²) in [5.41, 5.74) is 0.651. The zero-order valence-corrected chi connectivity index (χ0v) is 15.1. The molecule has 27 heavy (non-hydrogen) atoms. The number of benzene rings is 1. The first-order valence-electron chi connectivity index (χ1n) is 8.76. The molecule has 1 aromatic carbocycles. The summed E-state index contributed by atoms with van der Waals surface area (Å²) >= 11 is 0. The highest BCUT2D eigenvalue weighted by atomic mass is 19.4. The van der Waals surface area contributed by atoms with Gasteiger partial charge in [0.15, 0.2) is 6.61 Å². The van der Waals surface area contributed by atoms with Crippen LogP contribution in [0.4, 0.5) is 13.2 Å². The summed E-state index contributed by atoms with van der Waals surface area (Å²) in [6.07, 6.45) is -2.60. The minimum atomic E-state index is -4.40. The number of hydrogen-bond donors (Lipinski definition) is 2. The second-order valence-electron chi connectivity index (χ2n) is 6.60. The average Bonchev–Trinajstić information content (AvgIpc) is 2.58. The second kappa shape index (κ2) is 9.59. The van der Waals surface area contributed by atoms with Gasteiger partial charge in [-0.15, -0.1) is 0 Å². The fourth-order valence-corrected chi connectivity index (χ4v) is 2.97. The van der Waals surface area contributed by atoms with Gasteiger partial charge in [0.05, 0.1) is 6.54 Å². The molecule has 1 atom stereocenters. The largest absolute Gasteiger partial charge is 0.484 e. The molecule has 6 nitrogen and oxygen atoms in total. The van der Waals surface area contributed by atoms with E-state index in [1.165, 1.54) is 19.1 Å². The van der Waals surface area contributed by atoms with Crippen LogP contribution in [0.2, 0.25) is 0 Å². The maximum Gasteiger partial charge on any atom is 0.422 e. The summed E-state index contributed by atoms with van der Waals surface area (Å²) in [5.74, 6) is -0.160. The van der Waals surface area contributed by atoms with Gasteiger partial charge in [-0.25, -0.2) is 0 Å². The molecule has 0 saturated carbocycles. The van der Waals surface area contributed by atoms with Gasteiger partial charge in [0.25, 0.3) is 0 Å². The molecule has 0 aliphatic carbocycles. The van der Waals surface area contributed by atoms with E-state index in [1.54, 1.807) is 12.1 Å². The number of nitrogens with zero attached hydrogens (tertiary/aromatic N) is 1. The number of amides is 2. The lowest BCUT2D eigenvalue weighted by Gasteiger charge is -2.32. The van der Waals surface area contributed by atoms with E-state index in [0.717, 1.165) is 19.4 Å². The zero-order valence-electron chi connectivity index (χ0n) is 15.1. The van der Waals surface area contributed by atoms with E-state index in [0.29, 0.717) is 12.1 Å². The predicted molar refractivity (Wildman–Crippen MR) is 93.1 cm³/mol. The quantitative estimate of drug-likeness (QED) is 0.749. The minimum Gasteiger partial charge on any atom is -0.484 e. The SMILES string of the molecule is CC(=O)NC1CCCN(CC(=O)NCc2cccc(OCC(F)(F)F)c2)C1. The number of carbonyl (C=O) groups is 2. The first-order valence-corrected chi connectivity index (χ1v) is 8.76. The van der Waals surface area contributed by atoms with Crippen molar-refractivity contribution >= 4 is 11.8 Å². The van der Waals surface area contributed by atoms with Crippen LogP contribution >= 0.6 is 0 Å². The Bertz CT molecular complexity index is 652. The second-order valence-corrected chi connectivity index (χ2v) is 6.60. The van der Waals surface area contributed by atoms with Crippen molar-refractivity contribution in [3.05, 3.63) is 29.8 Å². The number of halogens is 3. The van der Waals surface area contributed by atoms with Crippen molar-refractivity contribution in [2.75, 3.05) is 26.2 Å². The standard InChI is InChI=1S/C18H24F3N3O3/c1-13(25)23-15-5-3-7-24(10-15)11-17(26)22-9-14-4-2-6-16(8-14)27-12-18(19,20)21/h2,4,6,8,15H,3,5,7,9-12H2,1H3,(H,22,26)(H,23,25). The Morgan fingerprint density at radius 1 is 1.33 bits per heavy atom. The highest BCUT2D eigenvalue weighted by molar-refractivity contribution is 5.78. The summed E-state index contributed by atoms with van der Waals surface area (Å²) in [5, 5.41) is 5.62. The maximum absolute atomic E-state index is 12.2. The maximum atomic E-state index is 12.2. The Morgan fingerprint density at radius 2 is 2.11 bits per heavy atom. The van der Waals surface area contributed by atoms with E-state index in [9.17, 15) is 22.8 Å². The molecule has 1 aromatic rings. The summed E-state index contributed by atoms with van der Waals surface area (Å²) in [6, 6.07) is 6.24. The van der Waals surface area contributed by atoms with Crippen LogP contribution < -0.4 is 15.4 Å². The Labute approximate surface area is 156 Å². The van der Waals surface area contributed by atoms with Crippen LogP contribution in [0.25, 0.3) is 0 Å². The normalized spacial score (nSPS) is 18.0. The van der Waals surface area contributed by atoms with Crippen LogP contribution in [0.1, 0.15) is 25.3 Å². The number of ether oxygens (including phenoxy) is 1. The highest BCUT2D eigenvalue weighted by Crippen LogP contribution is 2.19. The van der Waals surface area contributed by atoms with Crippen molar-refractivity contribution in [2.45, 2.75) is 38.5 Å². The molecule has 0 aromatic heterocycles. The Morgan fingerprint density at radius 3 is 2.81 bits per heavy atom. The first-order chi connectivity index (χ1) is 12.7. The van der Waals surface area contributed by atoms with Crippen molar-refractivity contribution in [3.63, 3.8) is 0 Å². The van der Waals surface area contributed by atoms with E-state index in [1.807, 2.05) is 4.90 Å². The number of rotatable bonds is 7. The van der Waals surface area contributed by atoms with Gasteiger partial charge in [-0.1, -0.05) is 12.1 Å². The predicted octanol–water partition coefficient (Wildman–Crippen LogP) is 1.84. The first kappa shape index (κ1) is 21.0. The zero-order chi connectivity index (χ0) is 19.9. The summed E-state index contributed by atoms with van der Waals surface area (Å²) in [6.45, 7) is 1.93. The Balaban J connectivity index is 1.77. The monoisotopic (exact) mass is 387 g/mol. The third-order valence-corrected chi connectivity index (χ3v) is 4.07. The van der Waals surface area contributed by atoms with Crippen LogP contribution in [0.3, 0.4) is 0 Å². The number of piperidine rings is 1. The van der Waals surface area contributed by atoms with E-state index < -0.39 is 12.8 Å². The highest BCUT2D eigenvalue weighted by Gasteiger charge is 2.28. The fourth-order valence-electron chi connectivity index (χ4n) is 2.97. The van der Waals surface area contributed by atoms with Crippen LogP contribution in [0.15, 0.2) is 24.3 Å². The van der Waals surface area contributed by atoms with Gasteiger partial charge in [0.1, 0.15) is 5.75 Å². The Hall–Kier alpha value is -2.29. The molecular weight excluding hydrogens is 363 g/mol. The molecule has 1 aliphatic heterocycles. The molecule has 150 valence electrons. The van der Waals surface area contributed by atoms with Gasteiger partial charge in [-0.05, 0) is 37.1 Å². The van der Waals surface area contributed by atoms with Gasteiger partial charge < -0.3 is 15.4 Å². The van der Waals surface area contributed by atoms with Gasteiger partial charge in [-0.3, -0.25) is 14.5 Å². The fraction of sp³-hybridized carbons (Fsp3) is 0.556. The van der Waals surface area contributed by atoms with Gasteiger partial charge in [0, 0.05) is 26.1 Å². The lowest BCUT2D eigenvalue weighted by atomic mass is 10.1. The lowest BCUT2D eigenvalue weighted by Crippen LogP contribution is -2.49. The third-order valence-electron chi connectivity index (χ3n) is 4.07. The molecule has 9 heteroatoms. The van der Waals surface area contributed by atoms with Crippen LogP contribution in [0, 0.1) is 0 Å². The number of likely N-dealkylation sites (tertiary alicyclic amines) is 1. The van der Waals surface area contributed by atoms with E-state index >= 15 is 0 Å². The molecule has 2 amide bonds. The molecule has 2 N–H and O–H groups in total. The number of alkyl halides is 3. The van der Waals surface area contributed by atoms with Crippen molar-refractivity contribution < 1.29 is 27.5 Å². The molecule has 1 fully saturated rings. The molecule has 1 heterocycles. The van der Waals surface area contributed by atoms with Crippen LogP contribution in [-0.2, 0) is 16.1 Å². The smallest absolute Gasteiger partial charge is 0.422 e. The van der Waals surface area contributed by atoms with Crippen molar-refractivity contribution in [2.24, 2.45) is 0 Å². The van der Waals surface area contributed by atoms with E-state index in [4.69, 9.17) is 4.74 Å². The number of carbonyl (C=O) groups excluding carboxylic acids is 2. The van der Waals surface area contributed by atoms with Gasteiger partial charge in [0.2, 0.25) is 11.8 Å². The molecule has 0 bridgehead atoms. The molecule has 1 aliphatic rings. The molecule has 0 spiro atoms. The van der Waals surface area contributed by atoms with Crippen molar-refractivity contribution in [1.29, 1.82) is 0 Å². The molecule has 1 saturated heterocycles. The lowest BCUT2D eigenvalue weighted by molar-refractivity contribution is -0.153. The van der Waals surface area contributed by atoms with Gasteiger partial charge >= 0.3 is 6.18 Å². The minimum absolute atomic E-state index is 0.0477. The van der Waals surface area contributed by atoms with E-state index in [2.05, 4.69) is 10.6 Å². The van der Waals surface area contributed by atoms with Gasteiger partial charge in [-0.2, -0.15) is 13.2 Å². The molecule has 1 unspecified atom stereocenters. The van der Waals surface area contributed by atoms with Crippen molar-refractivity contribution in [3.8, 4) is 5.75 Å². The van der Waals surface area contributed by atoms with Crippen LogP contribution in [-0.4, -0.2) is 55.2 Å². The van der Waals surface area contributed by atoms with Crippen LogP contribution in [0.5, 0.6) is 5.75 Å². The molecular formula is C18H24F3N3O3. The van der Waals surface area contributed by atoms with Crippen molar-refractivity contribution in [1.82, 2.24) is 15.5 Å². The third kappa shape index (κ3) is 8.29.